The molecule has 6 nitrogen and oxygen atoms in total. The van der Waals surface area contributed by atoms with Gasteiger partial charge in [-0.15, -0.1) is 0 Å². The van der Waals surface area contributed by atoms with E-state index in [0.717, 1.165) is 42.8 Å². The Hall–Kier alpha value is -2.37. The zero-order chi connectivity index (χ0) is 24.5. The number of thioether (sulfide) groups is 1. The Kier molecular flexibility index (Phi) is 7.34. The number of hydrogen-bond acceptors (Lipinski definition) is 6. The summed E-state index contributed by atoms with van der Waals surface area (Å²) in [5.74, 6) is -1.52. The third-order valence-corrected chi connectivity index (χ3v) is 7.01. The first-order valence-electron chi connectivity index (χ1n) is 10.7. The normalized spacial score (nSPS) is 21.5. The van der Waals surface area contributed by atoms with Crippen molar-refractivity contribution in [3.05, 3.63) is 63.3 Å². The van der Waals surface area contributed by atoms with E-state index in [1.54, 1.807) is 0 Å². The molecular weight excluding hydrogens is 494 g/mol. The Morgan fingerprint density at radius 3 is 2.74 bits per heavy atom. The topological polar surface area (TPSA) is 70.2 Å². The van der Waals surface area contributed by atoms with Gasteiger partial charge in [0.2, 0.25) is 0 Å². The monoisotopic (exact) mass is 515 g/mol. The Morgan fingerprint density at radius 1 is 1.26 bits per heavy atom. The number of hydrogen-bond donors (Lipinski definition) is 2. The molecule has 182 valence electrons. The Balaban J connectivity index is 1.61. The standard InChI is InChI=1S/C22H22ClF4N5OS/c1-12-4-2-3-5-32(12)11-17-19(13-6-14(22(25,26)27)8-15(24)7-13)30-21(34-17)31-20(33)16-9-29-18(23)10-28-16/h6-10,12,21,30H,2-5,11H2,1H3,(H,31,33). The number of alkyl halides is 3. The number of nitrogens with zero attached hydrogens (tertiary/aromatic N) is 3. The quantitative estimate of drug-likeness (QED) is 0.553. The molecule has 1 amide bonds. The molecular formula is C22H22ClF4N5OS. The molecule has 1 aromatic carbocycles. The van der Waals surface area contributed by atoms with E-state index >= 15 is 0 Å². The van der Waals surface area contributed by atoms with Gasteiger partial charge in [0.25, 0.3) is 5.91 Å². The van der Waals surface area contributed by atoms with Gasteiger partial charge in [-0.1, -0.05) is 29.8 Å². The fourth-order valence-corrected chi connectivity index (χ4v) is 5.23. The molecule has 2 N–H and O–H groups in total. The van der Waals surface area contributed by atoms with E-state index in [0.29, 0.717) is 24.4 Å². The minimum absolute atomic E-state index is 0.0385. The second-order valence-corrected chi connectivity index (χ2v) is 9.77. The van der Waals surface area contributed by atoms with Gasteiger partial charge >= 0.3 is 6.18 Å². The van der Waals surface area contributed by atoms with Crippen molar-refractivity contribution in [1.82, 2.24) is 25.5 Å². The molecule has 2 aliphatic heterocycles. The van der Waals surface area contributed by atoms with E-state index in [1.165, 1.54) is 24.2 Å². The van der Waals surface area contributed by atoms with E-state index in [9.17, 15) is 22.4 Å². The molecule has 0 radical (unpaired) electrons. The van der Waals surface area contributed by atoms with Crippen LogP contribution in [0.2, 0.25) is 5.15 Å². The van der Waals surface area contributed by atoms with Gasteiger partial charge in [-0.05, 0) is 44.5 Å². The third-order valence-electron chi connectivity index (χ3n) is 5.73. The minimum Gasteiger partial charge on any atom is -0.355 e. The molecule has 0 bridgehead atoms. The predicted molar refractivity (Wildman–Crippen MR) is 122 cm³/mol. The van der Waals surface area contributed by atoms with Crippen molar-refractivity contribution < 1.29 is 22.4 Å². The zero-order valence-corrected chi connectivity index (χ0v) is 19.7. The summed E-state index contributed by atoms with van der Waals surface area (Å²) >= 11 is 6.98. The molecule has 1 aromatic heterocycles. The fourth-order valence-electron chi connectivity index (χ4n) is 3.97. The number of piperidine rings is 1. The van der Waals surface area contributed by atoms with Crippen LogP contribution in [0, 0.1) is 5.82 Å². The van der Waals surface area contributed by atoms with E-state index in [-0.39, 0.29) is 16.4 Å². The maximum atomic E-state index is 14.2. The van der Waals surface area contributed by atoms with Gasteiger partial charge in [-0.2, -0.15) is 13.2 Å². The molecule has 0 saturated carbocycles. The number of nitrogens with one attached hydrogen (secondary N) is 2. The summed E-state index contributed by atoms with van der Waals surface area (Å²) in [6.45, 7) is 3.43. The average Bonchev–Trinajstić information content (AvgIpc) is 3.17. The lowest BCUT2D eigenvalue weighted by atomic mass is 10.0. The Labute approximate surface area is 203 Å². The molecule has 34 heavy (non-hydrogen) atoms. The van der Waals surface area contributed by atoms with Crippen molar-refractivity contribution in [3.8, 4) is 0 Å². The van der Waals surface area contributed by atoms with Crippen LogP contribution in [0.3, 0.4) is 0 Å². The molecule has 1 fully saturated rings. The summed E-state index contributed by atoms with van der Waals surface area (Å²) in [5.41, 5.74) is -1.29. The summed E-state index contributed by atoms with van der Waals surface area (Å²) in [7, 11) is 0. The van der Waals surface area contributed by atoms with Crippen molar-refractivity contribution >= 4 is 35.0 Å². The van der Waals surface area contributed by atoms with Crippen LogP contribution in [0.4, 0.5) is 17.6 Å². The number of halogens is 5. The number of rotatable bonds is 5. The van der Waals surface area contributed by atoms with Crippen LogP contribution in [-0.4, -0.2) is 45.4 Å². The Bertz CT molecular complexity index is 1100. The highest BCUT2D eigenvalue weighted by molar-refractivity contribution is 8.04. The van der Waals surface area contributed by atoms with Gasteiger partial charge in [0.15, 0.2) is 5.50 Å². The second-order valence-electron chi connectivity index (χ2n) is 8.18. The van der Waals surface area contributed by atoms with Gasteiger partial charge in [0, 0.05) is 23.1 Å². The van der Waals surface area contributed by atoms with Crippen molar-refractivity contribution in [2.24, 2.45) is 0 Å². The third kappa shape index (κ3) is 5.81. The van der Waals surface area contributed by atoms with Gasteiger partial charge in [0.1, 0.15) is 16.7 Å². The van der Waals surface area contributed by atoms with Crippen LogP contribution in [0.1, 0.15) is 47.8 Å². The molecule has 12 heteroatoms. The van der Waals surface area contributed by atoms with Gasteiger partial charge in [-0.25, -0.2) is 14.4 Å². The highest BCUT2D eigenvalue weighted by Crippen LogP contribution is 2.38. The highest BCUT2D eigenvalue weighted by atomic mass is 35.5. The molecule has 2 aliphatic rings. The van der Waals surface area contributed by atoms with E-state index in [2.05, 4.69) is 32.4 Å². The molecule has 4 rings (SSSR count). The van der Waals surface area contributed by atoms with Crippen LogP contribution < -0.4 is 10.6 Å². The van der Waals surface area contributed by atoms with Crippen LogP contribution in [0.5, 0.6) is 0 Å². The largest absolute Gasteiger partial charge is 0.416 e. The van der Waals surface area contributed by atoms with Crippen LogP contribution >= 0.6 is 23.4 Å². The lowest BCUT2D eigenvalue weighted by Gasteiger charge is -2.33. The molecule has 2 atom stereocenters. The zero-order valence-electron chi connectivity index (χ0n) is 18.1. The van der Waals surface area contributed by atoms with Crippen molar-refractivity contribution in [1.29, 1.82) is 0 Å². The maximum absolute atomic E-state index is 14.2. The fraction of sp³-hybridized carbons (Fsp3) is 0.409. The molecule has 0 spiro atoms. The molecule has 2 aromatic rings. The summed E-state index contributed by atoms with van der Waals surface area (Å²) in [6.07, 6.45) is 0.946. The average molecular weight is 516 g/mol. The SMILES string of the molecule is CC1CCCCN1CC1=C(c2cc(F)cc(C(F)(F)F)c2)NC(NC(=O)c2cnc(Cl)cn2)S1. The number of aromatic nitrogens is 2. The molecule has 0 aliphatic carbocycles. The van der Waals surface area contributed by atoms with Crippen molar-refractivity contribution in [2.45, 2.75) is 43.9 Å². The Morgan fingerprint density at radius 2 is 2.06 bits per heavy atom. The summed E-state index contributed by atoms with van der Waals surface area (Å²) < 4.78 is 54.1. The number of amides is 1. The summed E-state index contributed by atoms with van der Waals surface area (Å²) in [6, 6.07) is 2.75. The predicted octanol–water partition coefficient (Wildman–Crippen LogP) is 4.88. The van der Waals surface area contributed by atoms with Crippen molar-refractivity contribution in [2.75, 3.05) is 13.1 Å². The second kappa shape index (κ2) is 10.1. The highest BCUT2D eigenvalue weighted by Gasteiger charge is 2.34. The lowest BCUT2D eigenvalue weighted by molar-refractivity contribution is -0.137. The molecule has 3 heterocycles. The smallest absolute Gasteiger partial charge is 0.355 e. The minimum atomic E-state index is -4.69. The van der Waals surface area contributed by atoms with Crippen LogP contribution in [0.15, 0.2) is 35.5 Å². The van der Waals surface area contributed by atoms with E-state index in [4.69, 9.17) is 11.6 Å². The van der Waals surface area contributed by atoms with E-state index in [1.807, 2.05) is 0 Å². The lowest BCUT2D eigenvalue weighted by Crippen LogP contribution is -2.40. The van der Waals surface area contributed by atoms with Crippen LogP contribution in [-0.2, 0) is 6.18 Å². The van der Waals surface area contributed by atoms with Crippen LogP contribution in [0.25, 0.3) is 5.70 Å². The number of carbonyl (C=O) groups excluding carboxylic acids is 1. The maximum Gasteiger partial charge on any atom is 0.416 e. The summed E-state index contributed by atoms with van der Waals surface area (Å²) in [5, 5.41) is 5.94. The number of likely N-dealkylation sites (tertiary alicyclic amines) is 1. The van der Waals surface area contributed by atoms with E-state index < -0.39 is 29.0 Å². The van der Waals surface area contributed by atoms with Gasteiger partial charge < -0.3 is 10.6 Å². The molecule has 1 saturated heterocycles. The first kappa shape index (κ1) is 24.7. The number of carbonyl (C=O) groups is 1. The van der Waals surface area contributed by atoms with Gasteiger partial charge in [0.05, 0.1) is 23.7 Å². The van der Waals surface area contributed by atoms with Crippen molar-refractivity contribution in [3.63, 3.8) is 0 Å². The van der Waals surface area contributed by atoms with Gasteiger partial charge in [-0.3, -0.25) is 9.69 Å². The first-order valence-corrected chi connectivity index (χ1v) is 11.9. The summed E-state index contributed by atoms with van der Waals surface area (Å²) in [4.78, 5) is 23.3. The number of benzene rings is 1. The molecule has 2 unspecified atom stereocenters. The first-order chi connectivity index (χ1) is 16.1.